The predicted molar refractivity (Wildman–Crippen MR) is 110 cm³/mol. The summed E-state index contributed by atoms with van der Waals surface area (Å²) in [7, 11) is 4.73. The lowest BCUT2D eigenvalue weighted by molar-refractivity contribution is -0.132. The Hall–Kier alpha value is -3.00. The Morgan fingerprint density at radius 3 is 2.52 bits per heavy atom. The lowest BCUT2D eigenvalue weighted by Gasteiger charge is -2.38. The second kappa shape index (κ2) is 8.57. The summed E-state index contributed by atoms with van der Waals surface area (Å²) in [5, 5.41) is 26.9. The minimum atomic E-state index is -1.67. The Labute approximate surface area is 170 Å². The smallest absolute Gasteiger partial charge is 0.257 e. The highest BCUT2D eigenvalue weighted by molar-refractivity contribution is 6.14. The molecule has 0 saturated carbocycles. The molecular weight excluding hydrogens is 374 g/mol. The molecule has 8 heteroatoms. The quantitative estimate of drug-likeness (QED) is 0.388. The van der Waals surface area contributed by atoms with E-state index in [1.165, 1.54) is 17.9 Å². The number of para-hydroxylation sites is 1. The van der Waals surface area contributed by atoms with Crippen molar-refractivity contribution in [3.8, 4) is 5.75 Å². The van der Waals surface area contributed by atoms with Gasteiger partial charge in [-0.05, 0) is 38.0 Å². The summed E-state index contributed by atoms with van der Waals surface area (Å²) < 4.78 is 5.38. The number of amides is 1. The zero-order chi connectivity index (χ0) is 21.9. The fraction of sp³-hybridized carbons (Fsp3) is 0.429. The Morgan fingerprint density at radius 1 is 1.31 bits per heavy atom. The van der Waals surface area contributed by atoms with Gasteiger partial charge in [0.1, 0.15) is 11.5 Å². The molecule has 0 aromatic heterocycles. The number of rotatable bonds is 8. The molecule has 0 saturated heterocycles. The van der Waals surface area contributed by atoms with Crippen LogP contribution < -0.4 is 10.6 Å². The number of hydrogen-bond acceptors (Lipinski definition) is 7. The van der Waals surface area contributed by atoms with E-state index in [0.717, 1.165) is 17.8 Å². The molecule has 0 spiro atoms. The number of aliphatic hydroxyl groups is 1. The highest BCUT2D eigenvalue weighted by atomic mass is 16.5. The number of nitrogens with zero attached hydrogens (tertiary/aromatic N) is 1. The number of ether oxygens (including phenoxy) is 1. The van der Waals surface area contributed by atoms with Crippen molar-refractivity contribution in [3.05, 3.63) is 46.5 Å². The van der Waals surface area contributed by atoms with Gasteiger partial charge in [-0.25, -0.2) is 0 Å². The molecule has 1 aliphatic rings. The SMILES string of the molecule is CC/C(C)=C(/CNC1=C(Nc2cccc(C(=O)N(C)C)c2O)C(=O)C1(C)O)OC. The van der Waals surface area contributed by atoms with Gasteiger partial charge < -0.3 is 30.5 Å². The van der Waals surface area contributed by atoms with Crippen molar-refractivity contribution in [3.63, 3.8) is 0 Å². The van der Waals surface area contributed by atoms with Gasteiger partial charge in [0.05, 0.1) is 30.6 Å². The molecule has 1 aliphatic carbocycles. The Morgan fingerprint density at radius 2 is 1.97 bits per heavy atom. The van der Waals surface area contributed by atoms with Gasteiger partial charge in [-0.15, -0.1) is 0 Å². The molecule has 1 atom stereocenters. The monoisotopic (exact) mass is 403 g/mol. The molecule has 0 bridgehead atoms. The van der Waals surface area contributed by atoms with Crippen molar-refractivity contribution in [1.82, 2.24) is 10.2 Å². The first-order valence-corrected chi connectivity index (χ1v) is 9.35. The van der Waals surface area contributed by atoms with Crippen LogP contribution in [0.15, 0.2) is 40.9 Å². The number of benzene rings is 1. The van der Waals surface area contributed by atoms with E-state index in [1.807, 2.05) is 13.8 Å². The van der Waals surface area contributed by atoms with Gasteiger partial charge in [0.15, 0.2) is 11.4 Å². The van der Waals surface area contributed by atoms with Gasteiger partial charge in [-0.1, -0.05) is 13.0 Å². The van der Waals surface area contributed by atoms with Crippen molar-refractivity contribution in [1.29, 1.82) is 0 Å². The third-order valence-corrected chi connectivity index (χ3v) is 5.02. The Kier molecular flexibility index (Phi) is 6.58. The maximum Gasteiger partial charge on any atom is 0.257 e. The Bertz CT molecular complexity index is 884. The minimum Gasteiger partial charge on any atom is -0.505 e. The fourth-order valence-electron chi connectivity index (χ4n) is 2.99. The average molecular weight is 403 g/mol. The first-order chi connectivity index (χ1) is 13.6. The molecule has 1 amide bonds. The standard InChI is InChI=1S/C21H29N3O5/c1-7-12(2)15(29-6)11-22-18-16(19(26)21(18,3)28)23-14-10-8-9-13(17(14)25)20(27)24(4)5/h8-10,22-23,25,28H,7,11H2,1-6H3/b15-12-. The van der Waals surface area contributed by atoms with E-state index >= 15 is 0 Å². The number of Topliss-reactive ketones (excluding diaryl/α,β-unsaturated/α-hetero) is 1. The largest absolute Gasteiger partial charge is 0.505 e. The summed E-state index contributed by atoms with van der Waals surface area (Å²) in [4.78, 5) is 26.0. The molecule has 0 fully saturated rings. The maximum absolute atomic E-state index is 12.4. The number of aromatic hydroxyl groups is 1. The van der Waals surface area contributed by atoms with E-state index in [1.54, 1.807) is 33.3 Å². The van der Waals surface area contributed by atoms with E-state index in [-0.39, 0.29) is 28.6 Å². The summed E-state index contributed by atoms with van der Waals surface area (Å²) >= 11 is 0. The van der Waals surface area contributed by atoms with Crippen LogP contribution in [0.3, 0.4) is 0 Å². The van der Waals surface area contributed by atoms with Crippen LogP contribution in [-0.4, -0.2) is 60.2 Å². The lowest BCUT2D eigenvalue weighted by atomic mass is 9.81. The first-order valence-electron chi connectivity index (χ1n) is 9.35. The summed E-state index contributed by atoms with van der Waals surface area (Å²) in [5.74, 6) is -0.429. The number of methoxy groups -OCH3 is 1. The number of carbonyl (C=O) groups is 2. The molecule has 4 N–H and O–H groups in total. The van der Waals surface area contributed by atoms with E-state index in [0.29, 0.717) is 12.2 Å². The number of ketones is 1. The van der Waals surface area contributed by atoms with E-state index in [4.69, 9.17) is 4.74 Å². The number of nitrogens with one attached hydrogen (secondary N) is 2. The molecule has 1 aromatic rings. The van der Waals surface area contributed by atoms with Crippen LogP contribution in [0.1, 0.15) is 37.6 Å². The van der Waals surface area contributed by atoms with Crippen LogP contribution in [0.2, 0.25) is 0 Å². The summed E-state index contributed by atoms with van der Waals surface area (Å²) in [6.07, 6.45) is 0.810. The third kappa shape index (κ3) is 4.22. The van der Waals surface area contributed by atoms with E-state index in [2.05, 4.69) is 10.6 Å². The van der Waals surface area contributed by atoms with Crippen molar-refractivity contribution < 1.29 is 24.5 Å². The molecule has 1 aromatic carbocycles. The maximum atomic E-state index is 12.4. The number of hydrogen-bond donors (Lipinski definition) is 4. The molecule has 158 valence electrons. The number of anilines is 1. The van der Waals surface area contributed by atoms with Gasteiger partial charge >= 0.3 is 0 Å². The summed E-state index contributed by atoms with van der Waals surface area (Å²) in [6.45, 7) is 5.65. The van der Waals surface area contributed by atoms with Gasteiger partial charge in [0.2, 0.25) is 5.78 Å². The van der Waals surface area contributed by atoms with Crippen molar-refractivity contribution in [2.75, 3.05) is 33.1 Å². The van der Waals surface area contributed by atoms with Gasteiger partial charge in [-0.2, -0.15) is 0 Å². The number of phenols is 1. The molecule has 0 radical (unpaired) electrons. The molecular formula is C21H29N3O5. The average Bonchev–Trinajstić information content (AvgIpc) is 2.69. The molecule has 8 nitrogen and oxygen atoms in total. The molecule has 0 heterocycles. The van der Waals surface area contributed by atoms with Gasteiger partial charge in [0.25, 0.3) is 5.91 Å². The molecule has 0 aliphatic heterocycles. The predicted octanol–water partition coefficient (Wildman–Crippen LogP) is 1.97. The second-order valence-corrected chi connectivity index (χ2v) is 7.29. The van der Waals surface area contributed by atoms with E-state index < -0.39 is 11.4 Å². The zero-order valence-corrected chi connectivity index (χ0v) is 17.7. The van der Waals surface area contributed by atoms with Crippen LogP contribution >= 0.6 is 0 Å². The summed E-state index contributed by atoms with van der Waals surface area (Å²) in [6, 6.07) is 4.65. The van der Waals surface area contributed by atoms with Crippen LogP contribution in [0.5, 0.6) is 5.75 Å². The number of phenolic OH excluding ortho intramolecular Hbond substituents is 1. The van der Waals surface area contributed by atoms with E-state index in [9.17, 15) is 19.8 Å². The molecule has 2 rings (SSSR count). The van der Waals surface area contributed by atoms with Gasteiger partial charge in [-0.3, -0.25) is 9.59 Å². The van der Waals surface area contributed by atoms with Crippen molar-refractivity contribution in [2.24, 2.45) is 0 Å². The lowest BCUT2D eigenvalue weighted by Crippen LogP contribution is -2.55. The van der Waals surface area contributed by atoms with Crippen molar-refractivity contribution >= 4 is 17.4 Å². The topological polar surface area (TPSA) is 111 Å². The van der Waals surface area contributed by atoms with Gasteiger partial charge in [0, 0.05) is 14.1 Å². The number of carbonyl (C=O) groups excluding carboxylic acids is 2. The minimum absolute atomic E-state index is 0.108. The number of allylic oxidation sites excluding steroid dienone is 1. The highest BCUT2D eigenvalue weighted by Crippen LogP contribution is 2.37. The van der Waals surface area contributed by atoms with Crippen molar-refractivity contribution in [2.45, 2.75) is 32.8 Å². The van der Waals surface area contributed by atoms with Crippen LogP contribution in [0, 0.1) is 0 Å². The summed E-state index contributed by atoms with van der Waals surface area (Å²) in [5.41, 5.74) is 0.107. The normalized spacial score (nSPS) is 19.3. The third-order valence-electron chi connectivity index (χ3n) is 5.02. The zero-order valence-electron chi connectivity index (χ0n) is 17.7. The Balaban J connectivity index is 2.35. The molecule has 29 heavy (non-hydrogen) atoms. The van der Waals surface area contributed by atoms with Crippen LogP contribution in [0.25, 0.3) is 0 Å². The second-order valence-electron chi connectivity index (χ2n) is 7.29. The fourth-order valence-corrected chi connectivity index (χ4v) is 2.99. The molecule has 1 unspecified atom stereocenters. The first kappa shape index (κ1) is 22.3. The van der Waals surface area contributed by atoms with Crippen LogP contribution in [-0.2, 0) is 9.53 Å². The van der Waals surface area contributed by atoms with Crippen LogP contribution in [0.4, 0.5) is 5.69 Å². The highest BCUT2D eigenvalue weighted by Gasteiger charge is 2.49.